The Labute approximate surface area is 174 Å². The number of nitrogens with one attached hydrogen (secondary N) is 1. The standard InChI is InChI=1S/C23H20ClNO4/c24-19-7-9-20(18(12-19)10-16-4-2-1-3-5-16)27-14-23(26)25-13-17-6-8-21-22(11-17)29-15-28-21/h1-9,11-12H,10,13-15H2,(H,25,26). The smallest absolute Gasteiger partial charge is 0.258 e. The van der Waals surface area contributed by atoms with E-state index in [0.717, 1.165) is 22.4 Å². The number of hydrogen-bond acceptors (Lipinski definition) is 4. The van der Waals surface area contributed by atoms with Crippen LogP contribution in [0.2, 0.25) is 5.02 Å². The molecular formula is C23H20ClNO4. The Balaban J connectivity index is 1.34. The van der Waals surface area contributed by atoms with Gasteiger partial charge in [-0.25, -0.2) is 0 Å². The Morgan fingerprint density at radius 2 is 1.79 bits per heavy atom. The van der Waals surface area contributed by atoms with Crippen molar-refractivity contribution in [3.8, 4) is 17.2 Å². The summed E-state index contributed by atoms with van der Waals surface area (Å²) < 4.78 is 16.4. The molecule has 1 aliphatic rings. The zero-order valence-electron chi connectivity index (χ0n) is 15.7. The molecule has 1 amide bonds. The van der Waals surface area contributed by atoms with Crippen molar-refractivity contribution >= 4 is 17.5 Å². The normalized spacial score (nSPS) is 11.9. The molecule has 0 spiro atoms. The first-order valence-electron chi connectivity index (χ1n) is 9.28. The maximum Gasteiger partial charge on any atom is 0.258 e. The van der Waals surface area contributed by atoms with Gasteiger partial charge in [-0.3, -0.25) is 4.79 Å². The fourth-order valence-electron chi connectivity index (χ4n) is 3.09. The van der Waals surface area contributed by atoms with E-state index in [2.05, 4.69) is 5.32 Å². The van der Waals surface area contributed by atoms with E-state index < -0.39 is 0 Å². The molecule has 0 saturated heterocycles. The summed E-state index contributed by atoms with van der Waals surface area (Å²) in [6.45, 7) is 0.537. The number of fused-ring (bicyclic) bond motifs is 1. The molecule has 4 rings (SSSR count). The molecule has 3 aromatic carbocycles. The van der Waals surface area contributed by atoms with Gasteiger partial charge in [-0.05, 0) is 47.0 Å². The Morgan fingerprint density at radius 3 is 2.66 bits per heavy atom. The summed E-state index contributed by atoms with van der Waals surface area (Å²) in [5.41, 5.74) is 3.01. The monoisotopic (exact) mass is 409 g/mol. The molecule has 6 heteroatoms. The van der Waals surface area contributed by atoms with Gasteiger partial charge in [-0.2, -0.15) is 0 Å². The predicted molar refractivity (Wildman–Crippen MR) is 111 cm³/mol. The summed E-state index contributed by atoms with van der Waals surface area (Å²) in [4.78, 5) is 12.2. The van der Waals surface area contributed by atoms with E-state index in [1.807, 2.05) is 54.6 Å². The Bertz CT molecular complexity index is 1010. The van der Waals surface area contributed by atoms with Crippen LogP contribution in [0, 0.1) is 0 Å². The molecule has 29 heavy (non-hydrogen) atoms. The van der Waals surface area contributed by atoms with Crippen LogP contribution in [0.25, 0.3) is 0 Å². The van der Waals surface area contributed by atoms with Gasteiger partial charge in [0, 0.05) is 18.0 Å². The van der Waals surface area contributed by atoms with E-state index in [1.54, 1.807) is 12.1 Å². The van der Waals surface area contributed by atoms with Gasteiger partial charge in [-0.1, -0.05) is 48.0 Å². The van der Waals surface area contributed by atoms with Crippen molar-refractivity contribution in [1.82, 2.24) is 5.32 Å². The van der Waals surface area contributed by atoms with Crippen molar-refractivity contribution in [2.24, 2.45) is 0 Å². The highest BCUT2D eigenvalue weighted by Crippen LogP contribution is 2.32. The van der Waals surface area contributed by atoms with Gasteiger partial charge in [0.2, 0.25) is 6.79 Å². The van der Waals surface area contributed by atoms with Crippen molar-refractivity contribution in [3.05, 3.63) is 88.4 Å². The van der Waals surface area contributed by atoms with Gasteiger partial charge in [0.05, 0.1) is 0 Å². The highest BCUT2D eigenvalue weighted by atomic mass is 35.5. The molecule has 1 N–H and O–H groups in total. The maximum atomic E-state index is 12.2. The summed E-state index contributed by atoms with van der Waals surface area (Å²) in [5.74, 6) is 1.86. The van der Waals surface area contributed by atoms with Crippen molar-refractivity contribution in [1.29, 1.82) is 0 Å². The zero-order chi connectivity index (χ0) is 20.1. The third-order valence-electron chi connectivity index (χ3n) is 4.55. The second-order valence-electron chi connectivity index (χ2n) is 6.67. The highest BCUT2D eigenvalue weighted by molar-refractivity contribution is 6.30. The molecule has 0 unspecified atom stereocenters. The first-order chi connectivity index (χ1) is 14.2. The Kier molecular flexibility index (Phi) is 5.86. The quantitative estimate of drug-likeness (QED) is 0.630. The van der Waals surface area contributed by atoms with E-state index in [4.69, 9.17) is 25.8 Å². The van der Waals surface area contributed by atoms with Crippen LogP contribution in [-0.4, -0.2) is 19.3 Å². The molecule has 1 heterocycles. The average molecular weight is 410 g/mol. The van der Waals surface area contributed by atoms with Crippen LogP contribution >= 0.6 is 11.6 Å². The SMILES string of the molecule is O=C(COc1ccc(Cl)cc1Cc1ccccc1)NCc1ccc2c(c1)OCO2. The van der Waals surface area contributed by atoms with Crippen molar-refractivity contribution < 1.29 is 19.0 Å². The van der Waals surface area contributed by atoms with Crippen LogP contribution in [-0.2, 0) is 17.8 Å². The lowest BCUT2D eigenvalue weighted by molar-refractivity contribution is -0.123. The van der Waals surface area contributed by atoms with Crippen molar-refractivity contribution in [2.45, 2.75) is 13.0 Å². The summed E-state index contributed by atoms with van der Waals surface area (Å²) >= 11 is 6.15. The van der Waals surface area contributed by atoms with E-state index in [1.165, 1.54) is 0 Å². The van der Waals surface area contributed by atoms with Crippen LogP contribution in [0.5, 0.6) is 17.2 Å². The maximum absolute atomic E-state index is 12.2. The number of carbonyl (C=O) groups excluding carboxylic acids is 1. The lowest BCUT2D eigenvalue weighted by Crippen LogP contribution is -2.28. The summed E-state index contributed by atoms with van der Waals surface area (Å²) in [6.07, 6.45) is 0.676. The third kappa shape index (κ3) is 5.00. The lowest BCUT2D eigenvalue weighted by Gasteiger charge is -2.12. The van der Waals surface area contributed by atoms with Crippen LogP contribution in [0.1, 0.15) is 16.7 Å². The van der Waals surface area contributed by atoms with Crippen LogP contribution in [0.15, 0.2) is 66.7 Å². The largest absolute Gasteiger partial charge is 0.483 e. The zero-order valence-corrected chi connectivity index (χ0v) is 16.4. The second kappa shape index (κ2) is 8.88. The Hall–Kier alpha value is -3.18. The van der Waals surface area contributed by atoms with Crippen LogP contribution in [0.4, 0.5) is 0 Å². The molecule has 0 fully saturated rings. The molecule has 3 aromatic rings. The number of carbonyl (C=O) groups is 1. The van der Waals surface area contributed by atoms with Gasteiger partial charge in [-0.15, -0.1) is 0 Å². The van der Waals surface area contributed by atoms with Gasteiger partial charge in [0.15, 0.2) is 18.1 Å². The minimum Gasteiger partial charge on any atom is -0.483 e. The molecule has 148 valence electrons. The fraction of sp³-hybridized carbons (Fsp3) is 0.174. The van der Waals surface area contributed by atoms with Gasteiger partial charge >= 0.3 is 0 Å². The predicted octanol–water partition coefficient (Wildman–Crippen LogP) is 4.35. The third-order valence-corrected chi connectivity index (χ3v) is 4.78. The van der Waals surface area contributed by atoms with Gasteiger partial charge < -0.3 is 19.5 Å². The van der Waals surface area contributed by atoms with Gasteiger partial charge in [0.1, 0.15) is 5.75 Å². The van der Waals surface area contributed by atoms with E-state index in [-0.39, 0.29) is 19.3 Å². The number of hydrogen-bond donors (Lipinski definition) is 1. The second-order valence-corrected chi connectivity index (χ2v) is 7.10. The molecule has 0 atom stereocenters. The fourth-order valence-corrected chi connectivity index (χ4v) is 3.28. The topological polar surface area (TPSA) is 56.8 Å². The van der Waals surface area contributed by atoms with Crippen molar-refractivity contribution in [3.63, 3.8) is 0 Å². The van der Waals surface area contributed by atoms with E-state index in [0.29, 0.717) is 29.5 Å². The first-order valence-corrected chi connectivity index (χ1v) is 9.65. The lowest BCUT2D eigenvalue weighted by atomic mass is 10.0. The molecular weight excluding hydrogens is 390 g/mol. The minimum atomic E-state index is -0.205. The Morgan fingerprint density at radius 1 is 0.966 bits per heavy atom. The number of benzene rings is 3. The number of ether oxygens (including phenoxy) is 3. The number of halogens is 1. The number of rotatable bonds is 7. The molecule has 0 aromatic heterocycles. The first kappa shape index (κ1) is 19.2. The highest BCUT2D eigenvalue weighted by Gasteiger charge is 2.14. The summed E-state index contributed by atoms with van der Waals surface area (Å²) in [5, 5.41) is 3.49. The summed E-state index contributed by atoms with van der Waals surface area (Å²) in [7, 11) is 0. The molecule has 0 radical (unpaired) electrons. The molecule has 0 aliphatic carbocycles. The molecule has 0 bridgehead atoms. The van der Waals surface area contributed by atoms with Crippen LogP contribution in [0.3, 0.4) is 0 Å². The molecule has 5 nitrogen and oxygen atoms in total. The molecule has 0 saturated carbocycles. The average Bonchev–Trinajstić information content (AvgIpc) is 3.20. The molecule has 1 aliphatic heterocycles. The minimum absolute atomic E-state index is 0.0754. The van der Waals surface area contributed by atoms with E-state index in [9.17, 15) is 4.79 Å². The van der Waals surface area contributed by atoms with Crippen molar-refractivity contribution in [2.75, 3.05) is 13.4 Å². The number of amides is 1. The van der Waals surface area contributed by atoms with Crippen LogP contribution < -0.4 is 19.5 Å². The summed E-state index contributed by atoms with van der Waals surface area (Å²) in [6, 6.07) is 21.1. The van der Waals surface area contributed by atoms with E-state index >= 15 is 0 Å². The van der Waals surface area contributed by atoms with Gasteiger partial charge in [0.25, 0.3) is 5.91 Å².